The van der Waals surface area contributed by atoms with Gasteiger partial charge in [-0.25, -0.2) is 0 Å². The Kier molecular flexibility index (Phi) is 4.24. The molecular weight excluding hydrogens is 160 g/mol. The molecule has 0 aromatic heterocycles. The Morgan fingerprint density at radius 1 is 1.23 bits per heavy atom. The predicted molar refractivity (Wildman–Crippen MR) is 56.8 cm³/mol. The summed E-state index contributed by atoms with van der Waals surface area (Å²) in [5.74, 6) is 0.911. The number of hydrogen-bond donors (Lipinski definition) is 0. The molecule has 1 nitrogen and oxygen atoms in total. The van der Waals surface area contributed by atoms with Crippen LogP contribution in [0.4, 0.5) is 0 Å². The summed E-state index contributed by atoms with van der Waals surface area (Å²) in [7, 11) is 0. The molecule has 1 heterocycles. The molecule has 78 valence electrons. The summed E-state index contributed by atoms with van der Waals surface area (Å²) in [6.07, 6.45) is 6.79. The molecule has 0 bridgehead atoms. The van der Waals surface area contributed by atoms with Crippen molar-refractivity contribution in [3.63, 3.8) is 0 Å². The van der Waals surface area contributed by atoms with Crippen LogP contribution in [0.2, 0.25) is 0 Å². The average molecular weight is 184 g/mol. The highest BCUT2D eigenvalue weighted by Crippen LogP contribution is 2.37. The van der Waals surface area contributed by atoms with E-state index in [-0.39, 0.29) is 0 Å². The van der Waals surface area contributed by atoms with Crippen LogP contribution in [0, 0.1) is 11.3 Å². The van der Waals surface area contributed by atoms with Crippen LogP contribution in [0.25, 0.3) is 0 Å². The first kappa shape index (κ1) is 11.0. The topological polar surface area (TPSA) is 9.23 Å². The second-order valence-corrected chi connectivity index (χ2v) is 4.78. The lowest BCUT2D eigenvalue weighted by Crippen LogP contribution is -2.42. The molecule has 0 amide bonds. The molecule has 1 saturated heterocycles. The van der Waals surface area contributed by atoms with Gasteiger partial charge < -0.3 is 4.74 Å². The summed E-state index contributed by atoms with van der Waals surface area (Å²) < 4.78 is 5.32. The molecule has 1 aliphatic heterocycles. The monoisotopic (exact) mass is 184 g/mol. The van der Waals surface area contributed by atoms with Crippen molar-refractivity contribution in [1.29, 1.82) is 0 Å². The van der Waals surface area contributed by atoms with Gasteiger partial charge in [-0.15, -0.1) is 0 Å². The van der Waals surface area contributed by atoms with Gasteiger partial charge in [0.15, 0.2) is 0 Å². The maximum atomic E-state index is 5.32. The summed E-state index contributed by atoms with van der Waals surface area (Å²) >= 11 is 0. The second-order valence-electron chi connectivity index (χ2n) is 4.78. The van der Waals surface area contributed by atoms with Crippen molar-refractivity contribution in [2.75, 3.05) is 13.2 Å². The zero-order chi connectivity index (χ0) is 9.73. The van der Waals surface area contributed by atoms with Gasteiger partial charge in [-0.1, -0.05) is 40.0 Å². The Hall–Kier alpha value is -0.0400. The van der Waals surface area contributed by atoms with Crippen LogP contribution in [0.5, 0.6) is 0 Å². The highest BCUT2D eigenvalue weighted by Gasteiger charge is 2.36. The molecule has 0 spiro atoms. The quantitative estimate of drug-likeness (QED) is 0.612. The van der Waals surface area contributed by atoms with Gasteiger partial charge in [-0.05, 0) is 18.8 Å². The van der Waals surface area contributed by atoms with E-state index in [0.717, 1.165) is 19.1 Å². The molecule has 0 aliphatic carbocycles. The standard InChI is InChI=1S/C12H24O/c1-4-6-11(3)7-8-12(5-2)9-13-10-12/h11H,4-10H2,1-3H3. The van der Waals surface area contributed by atoms with E-state index in [4.69, 9.17) is 4.74 Å². The Morgan fingerprint density at radius 3 is 2.31 bits per heavy atom. The fourth-order valence-electron chi connectivity index (χ4n) is 2.11. The molecule has 1 unspecified atom stereocenters. The van der Waals surface area contributed by atoms with Crippen LogP contribution in [0.1, 0.15) is 52.9 Å². The molecule has 1 heteroatoms. The van der Waals surface area contributed by atoms with E-state index >= 15 is 0 Å². The van der Waals surface area contributed by atoms with Crippen molar-refractivity contribution in [1.82, 2.24) is 0 Å². The third kappa shape index (κ3) is 2.98. The molecule has 1 aliphatic rings. The maximum Gasteiger partial charge on any atom is 0.0544 e. The van der Waals surface area contributed by atoms with Crippen LogP contribution >= 0.6 is 0 Å². The molecule has 1 fully saturated rings. The Bertz CT molecular complexity index is 133. The predicted octanol–water partition coefficient (Wildman–Crippen LogP) is 3.63. The van der Waals surface area contributed by atoms with Crippen LogP contribution < -0.4 is 0 Å². The van der Waals surface area contributed by atoms with Crippen molar-refractivity contribution in [3.05, 3.63) is 0 Å². The summed E-state index contributed by atoms with van der Waals surface area (Å²) in [5.41, 5.74) is 0.571. The van der Waals surface area contributed by atoms with Crippen molar-refractivity contribution >= 4 is 0 Å². The fourth-order valence-corrected chi connectivity index (χ4v) is 2.11. The summed E-state index contributed by atoms with van der Waals surface area (Å²) in [4.78, 5) is 0. The highest BCUT2D eigenvalue weighted by atomic mass is 16.5. The van der Waals surface area contributed by atoms with E-state index in [1.165, 1.54) is 32.1 Å². The van der Waals surface area contributed by atoms with E-state index in [2.05, 4.69) is 20.8 Å². The van der Waals surface area contributed by atoms with Gasteiger partial charge in [0.1, 0.15) is 0 Å². The van der Waals surface area contributed by atoms with Gasteiger partial charge in [0.25, 0.3) is 0 Å². The van der Waals surface area contributed by atoms with Crippen molar-refractivity contribution in [2.24, 2.45) is 11.3 Å². The van der Waals surface area contributed by atoms with Gasteiger partial charge >= 0.3 is 0 Å². The second kappa shape index (κ2) is 4.99. The molecule has 1 atom stereocenters. The lowest BCUT2D eigenvalue weighted by atomic mass is 9.77. The third-order valence-corrected chi connectivity index (χ3v) is 3.52. The minimum absolute atomic E-state index is 0.571. The number of ether oxygens (including phenoxy) is 1. The first-order chi connectivity index (χ1) is 6.22. The van der Waals surface area contributed by atoms with Crippen LogP contribution in [-0.4, -0.2) is 13.2 Å². The van der Waals surface area contributed by atoms with Crippen LogP contribution in [0.3, 0.4) is 0 Å². The Morgan fingerprint density at radius 2 is 1.92 bits per heavy atom. The lowest BCUT2D eigenvalue weighted by molar-refractivity contribution is -0.121. The molecular formula is C12H24O. The van der Waals surface area contributed by atoms with Crippen molar-refractivity contribution in [3.8, 4) is 0 Å². The summed E-state index contributed by atoms with van der Waals surface area (Å²) in [6, 6.07) is 0. The van der Waals surface area contributed by atoms with Crippen molar-refractivity contribution in [2.45, 2.75) is 52.9 Å². The highest BCUT2D eigenvalue weighted by molar-refractivity contribution is 4.84. The van der Waals surface area contributed by atoms with Crippen molar-refractivity contribution < 1.29 is 4.74 Å². The molecule has 0 aromatic carbocycles. The normalized spacial score (nSPS) is 22.4. The van der Waals surface area contributed by atoms with Crippen LogP contribution in [0.15, 0.2) is 0 Å². The SMILES string of the molecule is CCCC(C)CCC1(CC)COC1. The van der Waals surface area contributed by atoms with Gasteiger partial charge in [0, 0.05) is 5.41 Å². The maximum absolute atomic E-state index is 5.32. The molecule has 1 rings (SSSR count). The Balaban J connectivity index is 2.16. The summed E-state index contributed by atoms with van der Waals surface area (Å²) in [6.45, 7) is 8.99. The minimum atomic E-state index is 0.571. The van der Waals surface area contributed by atoms with Gasteiger partial charge in [0.05, 0.1) is 13.2 Å². The van der Waals surface area contributed by atoms with E-state index in [1.807, 2.05) is 0 Å². The molecule has 0 saturated carbocycles. The first-order valence-corrected chi connectivity index (χ1v) is 5.80. The summed E-state index contributed by atoms with van der Waals surface area (Å²) in [5, 5.41) is 0. The molecule has 0 aromatic rings. The first-order valence-electron chi connectivity index (χ1n) is 5.80. The van der Waals surface area contributed by atoms with E-state index in [1.54, 1.807) is 0 Å². The zero-order valence-electron chi connectivity index (χ0n) is 9.44. The Labute approximate surface area is 82.9 Å². The third-order valence-electron chi connectivity index (χ3n) is 3.52. The lowest BCUT2D eigenvalue weighted by Gasteiger charge is -2.41. The fraction of sp³-hybridized carbons (Fsp3) is 1.00. The van der Waals surface area contributed by atoms with Crippen LogP contribution in [-0.2, 0) is 4.74 Å². The van der Waals surface area contributed by atoms with E-state index in [0.29, 0.717) is 5.41 Å². The van der Waals surface area contributed by atoms with Gasteiger partial charge in [-0.3, -0.25) is 0 Å². The smallest absolute Gasteiger partial charge is 0.0544 e. The average Bonchev–Trinajstić information content (AvgIpc) is 2.04. The van der Waals surface area contributed by atoms with E-state index in [9.17, 15) is 0 Å². The number of hydrogen-bond acceptors (Lipinski definition) is 1. The van der Waals surface area contributed by atoms with Gasteiger partial charge in [0.2, 0.25) is 0 Å². The molecule has 0 radical (unpaired) electrons. The molecule has 0 N–H and O–H groups in total. The number of rotatable bonds is 6. The van der Waals surface area contributed by atoms with Gasteiger partial charge in [-0.2, -0.15) is 0 Å². The minimum Gasteiger partial charge on any atom is -0.380 e. The molecule has 13 heavy (non-hydrogen) atoms. The van der Waals surface area contributed by atoms with E-state index < -0.39 is 0 Å². The zero-order valence-corrected chi connectivity index (χ0v) is 9.44. The largest absolute Gasteiger partial charge is 0.380 e.